The number of hydrogen-bond acceptors (Lipinski definition) is 8. The lowest BCUT2D eigenvalue weighted by Gasteiger charge is -2.58. The van der Waals surface area contributed by atoms with Gasteiger partial charge in [-0.15, -0.1) is 6.58 Å². The van der Waals surface area contributed by atoms with Crippen LogP contribution in [0.4, 0.5) is 4.39 Å². The van der Waals surface area contributed by atoms with Crippen molar-refractivity contribution in [1.29, 1.82) is 0 Å². The number of fused-ring (bicyclic) bond motifs is 2. The molecule has 0 bridgehead atoms. The number of aliphatic hydroxyl groups excluding tert-OH is 2. The number of rotatable bonds is 19. The van der Waals surface area contributed by atoms with Crippen LogP contribution in [0.2, 0.25) is 0 Å². The summed E-state index contributed by atoms with van der Waals surface area (Å²) in [4.78, 5) is 6.11. The van der Waals surface area contributed by atoms with Gasteiger partial charge in [0.25, 0.3) is 0 Å². The minimum absolute atomic E-state index is 0.0389. The molecule has 1 aliphatic heterocycles. The van der Waals surface area contributed by atoms with Gasteiger partial charge in [-0.05, 0) is 78.7 Å². The third kappa shape index (κ3) is 8.44. The Kier molecular flexibility index (Phi) is 13.5. The molecule has 3 aromatic carbocycles. The van der Waals surface area contributed by atoms with Gasteiger partial charge in [-0.1, -0.05) is 85.6 Å². The van der Waals surface area contributed by atoms with Crippen LogP contribution in [0, 0.1) is 23.6 Å². The van der Waals surface area contributed by atoms with Crippen molar-refractivity contribution in [2.24, 2.45) is 22.9 Å². The second kappa shape index (κ2) is 18.4. The van der Waals surface area contributed by atoms with Gasteiger partial charge in [0.05, 0.1) is 23.5 Å². The van der Waals surface area contributed by atoms with Crippen LogP contribution in [-0.2, 0) is 22.8 Å². The predicted octanol–water partition coefficient (Wildman–Crippen LogP) is 8.99. The summed E-state index contributed by atoms with van der Waals surface area (Å²) in [6.07, 6.45) is 9.80. The molecule has 0 saturated heterocycles. The summed E-state index contributed by atoms with van der Waals surface area (Å²) in [5.74, 6) is 1.08. The summed E-state index contributed by atoms with van der Waals surface area (Å²) in [5, 5.41) is 24.4. The number of nitrogens with zero attached hydrogens (tertiary/aromatic N) is 1. The summed E-state index contributed by atoms with van der Waals surface area (Å²) in [5.41, 5.74) is 4.57. The van der Waals surface area contributed by atoms with Gasteiger partial charge >= 0.3 is 0 Å². The largest absolute Gasteiger partial charge is 0.489 e. The van der Waals surface area contributed by atoms with Crippen LogP contribution in [0.5, 0.6) is 11.5 Å². The molecule has 7 nitrogen and oxygen atoms in total. The van der Waals surface area contributed by atoms with E-state index in [2.05, 4.69) is 25.6 Å². The predicted molar refractivity (Wildman–Crippen MR) is 205 cm³/mol. The molecular weight excluding hydrogens is 678 g/mol. The Labute approximate surface area is 311 Å². The Balaban J connectivity index is 1.48. The molecule has 278 valence electrons. The Bertz CT molecular complexity index is 1680. The molecule has 52 heavy (non-hydrogen) atoms. The van der Waals surface area contributed by atoms with Crippen molar-refractivity contribution in [2.45, 2.75) is 82.0 Å². The molecule has 6 rings (SSSR count). The van der Waals surface area contributed by atoms with Crippen LogP contribution in [-0.4, -0.2) is 52.5 Å². The molecule has 3 aromatic rings. The quantitative estimate of drug-likeness (QED) is 0.0724. The summed E-state index contributed by atoms with van der Waals surface area (Å²) >= 11 is 1.82. The molecule has 0 aromatic heterocycles. The molecule has 1 saturated carbocycles. The highest BCUT2D eigenvalue weighted by Crippen LogP contribution is 2.62. The zero-order valence-electron chi connectivity index (χ0n) is 30.1. The van der Waals surface area contributed by atoms with E-state index in [0.29, 0.717) is 30.9 Å². The smallest absolute Gasteiger partial charge is 0.230 e. The topological polar surface area (TPSA) is 89.7 Å². The Morgan fingerprint density at radius 2 is 1.75 bits per heavy atom. The summed E-state index contributed by atoms with van der Waals surface area (Å²) in [7, 11) is 0. The van der Waals surface area contributed by atoms with E-state index in [4.69, 9.17) is 24.2 Å². The number of thioether (sulfide) groups is 1. The zero-order chi connectivity index (χ0) is 36.3. The molecule has 1 heterocycles. The fraction of sp³-hybridized carbons (Fsp3) is 0.465. The number of oxime groups is 1. The molecule has 2 aliphatic carbocycles. The summed E-state index contributed by atoms with van der Waals surface area (Å²) in [6, 6.07) is 22.7. The molecule has 1 fully saturated rings. The van der Waals surface area contributed by atoms with Gasteiger partial charge in [0, 0.05) is 36.7 Å². The Hall–Kier alpha value is -3.63. The van der Waals surface area contributed by atoms with Gasteiger partial charge in [0.1, 0.15) is 30.5 Å². The molecule has 6 atom stereocenters. The number of hydrogen-bond donors (Lipinski definition) is 2. The lowest BCUT2D eigenvalue weighted by atomic mass is 9.56. The molecule has 2 N–H and O–H groups in total. The van der Waals surface area contributed by atoms with Gasteiger partial charge in [0.2, 0.25) is 5.79 Å². The van der Waals surface area contributed by atoms with Crippen molar-refractivity contribution in [3.8, 4) is 11.5 Å². The van der Waals surface area contributed by atoms with Crippen LogP contribution >= 0.6 is 11.8 Å². The van der Waals surface area contributed by atoms with Gasteiger partial charge in [-0.25, -0.2) is 4.39 Å². The first kappa shape index (κ1) is 38.1. The van der Waals surface area contributed by atoms with Crippen molar-refractivity contribution >= 4 is 17.5 Å². The third-order valence-electron chi connectivity index (χ3n) is 10.6. The minimum Gasteiger partial charge on any atom is -0.489 e. The molecule has 9 heteroatoms. The van der Waals surface area contributed by atoms with Gasteiger partial charge < -0.3 is 29.3 Å². The van der Waals surface area contributed by atoms with Crippen LogP contribution in [0.25, 0.3) is 0 Å². The second-order valence-corrected chi connectivity index (χ2v) is 15.3. The standard InChI is InChI=1S/C43H52FNO6S/c1-3-24-49-43-40(52-4-2)27-38(45-50-28-30-14-6-5-7-15-30)35-25-31(16-10-12-22-46)34(18-11-13-23-47)41(42(35)43)36-26-33(20-21-39(36)51-43)48-29-32-17-8-9-19-37(32)44/h3,5-9,14-15,17,19-21,25-26,31,34,40-42,46-47H,1,4,10-13,16,18,22-24,27-29H2,2H3/t31-,34+,40-,41+,42+,43+/m0/s1. The van der Waals surface area contributed by atoms with E-state index in [1.165, 1.54) is 6.07 Å². The van der Waals surface area contributed by atoms with E-state index in [1.807, 2.05) is 60.3 Å². The number of allylic oxidation sites excluding steroid dienone is 1. The van der Waals surface area contributed by atoms with Crippen molar-refractivity contribution in [2.75, 3.05) is 25.6 Å². The highest BCUT2D eigenvalue weighted by atomic mass is 32.2. The normalized spacial score (nSPS) is 25.4. The zero-order valence-corrected chi connectivity index (χ0v) is 30.9. The van der Waals surface area contributed by atoms with Crippen LogP contribution in [0.15, 0.2) is 102 Å². The molecule has 0 unspecified atom stereocenters. The minimum atomic E-state index is -1.00. The number of benzene rings is 3. The maximum absolute atomic E-state index is 14.6. The second-order valence-electron chi connectivity index (χ2n) is 13.8. The number of halogens is 1. The van der Waals surface area contributed by atoms with Crippen molar-refractivity contribution in [3.05, 3.63) is 120 Å². The lowest BCUT2D eigenvalue weighted by Crippen LogP contribution is -2.64. The summed E-state index contributed by atoms with van der Waals surface area (Å²) < 4.78 is 34.9. The fourth-order valence-corrected chi connectivity index (χ4v) is 9.48. The third-order valence-corrected chi connectivity index (χ3v) is 11.8. The van der Waals surface area contributed by atoms with Gasteiger partial charge in [-0.3, -0.25) is 0 Å². The van der Waals surface area contributed by atoms with Crippen molar-refractivity contribution < 1.29 is 33.7 Å². The summed E-state index contributed by atoms with van der Waals surface area (Å²) in [6.45, 7) is 7.24. The number of aliphatic hydroxyl groups is 2. The maximum atomic E-state index is 14.6. The van der Waals surface area contributed by atoms with E-state index in [0.717, 1.165) is 72.4 Å². The van der Waals surface area contributed by atoms with Crippen LogP contribution in [0.1, 0.15) is 74.5 Å². The average molecular weight is 730 g/mol. The van der Waals surface area contributed by atoms with Crippen LogP contribution < -0.4 is 9.47 Å². The molecule has 0 amide bonds. The highest BCUT2D eigenvalue weighted by Gasteiger charge is 2.63. The molecule has 0 radical (unpaired) electrons. The van der Waals surface area contributed by atoms with Gasteiger partial charge in [-0.2, -0.15) is 11.8 Å². The molecule has 0 spiro atoms. The van der Waals surface area contributed by atoms with Crippen molar-refractivity contribution in [1.82, 2.24) is 0 Å². The first-order valence-corrected chi connectivity index (χ1v) is 19.8. The Morgan fingerprint density at radius 1 is 0.981 bits per heavy atom. The van der Waals surface area contributed by atoms with Crippen LogP contribution in [0.3, 0.4) is 0 Å². The van der Waals surface area contributed by atoms with E-state index in [9.17, 15) is 14.6 Å². The highest BCUT2D eigenvalue weighted by molar-refractivity contribution is 8.00. The first-order chi connectivity index (χ1) is 25.5. The van der Waals surface area contributed by atoms with E-state index < -0.39 is 5.79 Å². The fourth-order valence-electron chi connectivity index (χ4n) is 8.30. The Morgan fingerprint density at radius 3 is 2.50 bits per heavy atom. The van der Waals surface area contributed by atoms with E-state index in [-0.39, 0.29) is 54.6 Å². The van der Waals surface area contributed by atoms with Gasteiger partial charge in [0.15, 0.2) is 0 Å². The van der Waals surface area contributed by atoms with E-state index >= 15 is 0 Å². The first-order valence-electron chi connectivity index (χ1n) is 18.7. The number of ether oxygens (including phenoxy) is 3. The molecule has 3 aliphatic rings. The molecular formula is C43H52FNO6S. The average Bonchev–Trinajstić information content (AvgIpc) is 3.16. The number of unbranched alkanes of at least 4 members (excludes halogenated alkanes) is 2. The monoisotopic (exact) mass is 729 g/mol. The lowest BCUT2D eigenvalue weighted by molar-refractivity contribution is -0.223. The van der Waals surface area contributed by atoms with Crippen molar-refractivity contribution in [3.63, 3.8) is 0 Å². The SMILES string of the molecule is C=CCO[C@@]12Oc3ccc(OCc4ccccc4F)cc3[C@H]3[C@H](CCCCO)[C@@H](CCCCO)C=C(C(=NOCc4ccccc4)C[C@@H]1SCC)[C@H]32. The maximum Gasteiger partial charge on any atom is 0.230 e. The van der Waals surface area contributed by atoms with E-state index in [1.54, 1.807) is 18.2 Å².